The summed E-state index contributed by atoms with van der Waals surface area (Å²) in [5, 5.41) is 22.3. The maximum absolute atomic E-state index is 12.6. The minimum absolute atomic E-state index is 0.0518. The monoisotopic (exact) mass is 442 g/mol. The van der Waals surface area contributed by atoms with Gasteiger partial charge in [-0.2, -0.15) is 0 Å². The van der Waals surface area contributed by atoms with Crippen LogP contribution in [-0.4, -0.2) is 75.4 Å². The number of fused-ring (bicyclic) bond motifs is 1. The van der Waals surface area contributed by atoms with Gasteiger partial charge in [-0.3, -0.25) is 9.69 Å². The van der Waals surface area contributed by atoms with Crippen LogP contribution < -0.4 is 10.1 Å². The van der Waals surface area contributed by atoms with E-state index < -0.39 is 0 Å². The van der Waals surface area contributed by atoms with Gasteiger partial charge in [0.25, 0.3) is 0 Å². The topological polar surface area (TPSA) is 95.7 Å². The Morgan fingerprint density at radius 2 is 2.12 bits per heavy atom. The van der Waals surface area contributed by atoms with E-state index in [1.807, 2.05) is 19.1 Å². The molecule has 9 heteroatoms. The van der Waals surface area contributed by atoms with Gasteiger partial charge in [0.15, 0.2) is 17.3 Å². The Hall–Kier alpha value is -2.65. The Kier molecular flexibility index (Phi) is 7.26. The summed E-state index contributed by atoms with van der Waals surface area (Å²) in [6, 6.07) is 5.64. The average molecular weight is 443 g/mol. The molecule has 174 valence electrons. The molecule has 0 radical (unpaired) electrons. The van der Waals surface area contributed by atoms with Gasteiger partial charge in [-0.1, -0.05) is 12.1 Å². The lowest BCUT2D eigenvalue weighted by Crippen LogP contribution is -2.41. The summed E-state index contributed by atoms with van der Waals surface area (Å²) >= 11 is 0. The minimum Gasteiger partial charge on any atom is -0.504 e. The highest BCUT2D eigenvalue weighted by Crippen LogP contribution is 2.31. The molecule has 0 saturated carbocycles. The Morgan fingerprint density at radius 1 is 1.25 bits per heavy atom. The second kappa shape index (κ2) is 10.3. The van der Waals surface area contributed by atoms with Crippen LogP contribution in [0.5, 0.6) is 11.5 Å². The summed E-state index contributed by atoms with van der Waals surface area (Å²) < 4.78 is 7.64. The maximum atomic E-state index is 12.6. The molecule has 4 rings (SSSR count). The highest BCUT2D eigenvalue weighted by atomic mass is 16.5. The van der Waals surface area contributed by atoms with Gasteiger partial charge >= 0.3 is 0 Å². The van der Waals surface area contributed by atoms with Gasteiger partial charge in [-0.05, 0) is 39.4 Å². The molecule has 0 unspecified atom stereocenters. The van der Waals surface area contributed by atoms with E-state index in [4.69, 9.17) is 4.74 Å². The number of nitrogens with zero attached hydrogens (tertiary/aromatic N) is 5. The number of piperidine rings is 1. The van der Waals surface area contributed by atoms with Crippen LogP contribution in [0, 0.1) is 5.92 Å². The van der Waals surface area contributed by atoms with E-state index in [0.717, 1.165) is 69.2 Å². The van der Waals surface area contributed by atoms with Gasteiger partial charge in [0, 0.05) is 44.7 Å². The van der Waals surface area contributed by atoms with E-state index in [0.29, 0.717) is 25.4 Å². The fourth-order valence-corrected chi connectivity index (χ4v) is 4.61. The molecule has 2 aliphatic heterocycles. The first-order chi connectivity index (χ1) is 15.5. The lowest BCUT2D eigenvalue weighted by atomic mass is 9.98. The van der Waals surface area contributed by atoms with Crippen molar-refractivity contribution in [3.8, 4) is 11.5 Å². The molecular formula is C23H34N6O3. The molecule has 1 fully saturated rings. The number of carbonyl (C=O) groups excluding carboxylic acids is 1. The first kappa shape index (κ1) is 22.5. The average Bonchev–Trinajstić information content (AvgIpc) is 3.07. The fourth-order valence-electron chi connectivity index (χ4n) is 4.61. The summed E-state index contributed by atoms with van der Waals surface area (Å²) in [4.78, 5) is 17.1. The second-order valence-electron chi connectivity index (χ2n) is 8.73. The Balaban J connectivity index is 1.34. The first-order valence-electron chi connectivity index (χ1n) is 11.6. The number of rotatable bonds is 7. The van der Waals surface area contributed by atoms with Gasteiger partial charge in [0.1, 0.15) is 5.82 Å². The van der Waals surface area contributed by atoms with E-state index in [-0.39, 0.29) is 17.6 Å². The van der Waals surface area contributed by atoms with Crippen LogP contribution in [0.4, 0.5) is 0 Å². The summed E-state index contributed by atoms with van der Waals surface area (Å²) in [5.74, 6) is 2.65. The molecule has 1 aromatic heterocycles. The lowest BCUT2D eigenvalue weighted by Gasteiger charge is -2.28. The number of para-hydroxylation sites is 1. The Labute approximate surface area is 189 Å². The molecule has 2 N–H and O–H groups in total. The number of aromatic hydroxyl groups is 1. The van der Waals surface area contributed by atoms with E-state index in [1.165, 1.54) is 0 Å². The van der Waals surface area contributed by atoms with Gasteiger partial charge in [-0.25, -0.2) is 0 Å². The summed E-state index contributed by atoms with van der Waals surface area (Å²) in [7, 11) is 2.07. The molecule has 32 heavy (non-hydrogen) atoms. The van der Waals surface area contributed by atoms with Crippen molar-refractivity contribution in [2.24, 2.45) is 5.92 Å². The Morgan fingerprint density at radius 3 is 2.94 bits per heavy atom. The molecular weight excluding hydrogens is 408 g/mol. The van der Waals surface area contributed by atoms with Crippen LogP contribution in [-0.2, 0) is 30.8 Å². The fraction of sp³-hybridized carbons (Fsp3) is 0.609. The standard InChI is InChI=1S/C23H34N6O3/c1-3-32-19-8-4-6-17(22(19)30)16-28-11-9-20-25-26-21(29(20)13-12-28)14-24-23(31)18-7-5-10-27(2)15-18/h4,6,8,18,30H,3,5,7,9-16H2,1-2H3,(H,24,31)/t18-/m1/s1. The highest BCUT2D eigenvalue weighted by Gasteiger charge is 2.25. The quantitative estimate of drug-likeness (QED) is 0.669. The van der Waals surface area contributed by atoms with E-state index in [2.05, 4.69) is 36.9 Å². The zero-order chi connectivity index (χ0) is 22.5. The van der Waals surface area contributed by atoms with E-state index in [1.54, 1.807) is 6.07 Å². The van der Waals surface area contributed by atoms with E-state index in [9.17, 15) is 9.90 Å². The number of carbonyl (C=O) groups is 1. The van der Waals surface area contributed by atoms with Crippen LogP contribution in [0.25, 0.3) is 0 Å². The number of nitrogens with one attached hydrogen (secondary N) is 1. The molecule has 1 amide bonds. The van der Waals surface area contributed by atoms with Crippen LogP contribution in [0.3, 0.4) is 0 Å². The summed E-state index contributed by atoms with van der Waals surface area (Å²) in [5.41, 5.74) is 0.860. The van der Waals surface area contributed by atoms with Crippen LogP contribution in [0.1, 0.15) is 37.0 Å². The third-order valence-electron chi connectivity index (χ3n) is 6.39. The zero-order valence-electron chi connectivity index (χ0n) is 19.1. The summed E-state index contributed by atoms with van der Waals surface area (Å²) in [6.45, 7) is 7.76. The smallest absolute Gasteiger partial charge is 0.224 e. The molecule has 0 bridgehead atoms. The number of phenols is 1. The number of phenolic OH excluding ortho intramolecular Hbond substituents is 1. The predicted molar refractivity (Wildman–Crippen MR) is 120 cm³/mol. The third kappa shape index (κ3) is 5.21. The number of ether oxygens (including phenoxy) is 1. The SMILES string of the molecule is CCOc1cccc(CN2CCc3nnc(CNC(=O)[C@@H]4CCCN(C)C4)n3CC2)c1O. The normalized spacial score (nSPS) is 19.9. The molecule has 9 nitrogen and oxygen atoms in total. The van der Waals surface area contributed by atoms with Crippen molar-refractivity contribution in [1.29, 1.82) is 0 Å². The van der Waals surface area contributed by atoms with Crippen LogP contribution >= 0.6 is 0 Å². The molecule has 1 saturated heterocycles. The van der Waals surface area contributed by atoms with Gasteiger partial charge < -0.3 is 24.6 Å². The zero-order valence-corrected chi connectivity index (χ0v) is 19.1. The second-order valence-corrected chi connectivity index (χ2v) is 8.73. The van der Waals surface area contributed by atoms with E-state index >= 15 is 0 Å². The van der Waals surface area contributed by atoms with Gasteiger partial charge in [0.05, 0.1) is 19.1 Å². The van der Waals surface area contributed by atoms with Crippen molar-refractivity contribution in [2.75, 3.05) is 39.8 Å². The van der Waals surface area contributed by atoms with Crippen molar-refractivity contribution < 1.29 is 14.6 Å². The summed E-state index contributed by atoms with van der Waals surface area (Å²) in [6.07, 6.45) is 2.79. The van der Waals surface area contributed by atoms with Crippen LogP contribution in [0.15, 0.2) is 18.2 Å². The van der Waals surface area contributed by atoms with Gasteiger partial charge in [0.2, 0.25) is 5.91 Å². The highest BCUT2D eigenvalue weighted by molar-refractivity contribution is 5.78. The largest absolute Gasteiger partial charge is 0.504 e. The first-order valence-corrected chi connectivity index (χ1v) is 11.6. The van der Waals surface area contributed by atoms with Crippen molar-refractivity contribution >= 4 is 5.91 Å². The van der Waals surface area contributed by atoms with Crippen molar-refractivity contribution in [3.05, 3.63) is 35.4 Å². The van der Waals surface area contributed by atoms with Crippen molar-refractivity contribution in [3.63, 3.8) is 0 Å². The Bertz CT molecular complexity index is 930. The minimum atomic E-state index is 0.0518. The number of benzene rings is 1. The molecule has 0 aliphatic carbocycles. The molecule has 0 spiro atoms. The molecule has 1 atom stereocenters. The van der Waals surface area contributed by atoms with Crippen molar-refractivity contribution in [2.45, 2.75) is 45.8 Å². The maximum Gasteiger partial charge on any atom is 0.224 e. The van der Waals surface area contributed by atoms with Crippen molar-refractivity contribution in [1.82, 2.24) is 29.9 Å². The number of amides is 1. The molecule has 2 aromatic rings. The lowest BCUT2D eigenvalue weighted by molar-refractivity contribution is -0.126. The third-order valence-corrected chi connectivity index (χ3v) is 6.39. The van der Waals surface area contributed by atoms with Crippen LogP contribution in [0.2, 0.25) is 0 Å². The number of hydrogen-bond acceptors (Lipinski definition) is 7. The van der Waals surface area contributed by atoms with Gasteiger partial charge in [-0.15, -0.1) is 10.2 Å². The number of likely N-dealkylation sites (tertiary alicyclic amines) is 1. The predicted octanol–water partition coefficient (Wildman–Crippen LogP) is 1.40. The number of hydrogen-bond donors (Lipinski definition) is 2. The molecule has 1 aromatic carbocycles. The number of aromatic nitrogens is 3. The molecule has 3 heterocycles. The molecule has 2 aliphatic rings.